The van der Waals surface area contributed by atoms with E-state index in [4.69, 9.17) is 18.6 Å². The zero-order valence-electron chi connectivity index (χ0n) is 11.7. The SMILES string of the molecule is COC1=CC(=O)c2c(oc3cc(OC)c(OC)cc23)C1=O. The van der Waals surface area contributed by atoms with E-state index in [0.717, 1.165) is 6.08 Å². The number of carbonyl (C=O) groups excluding carboxylic acids is 2. The van der Waals surface area contributed by atoms with Gasteiger partial charge in [-0.05, 0) is 6.07 Å². The van der Waals surface area contributed by atoms with Gasteiger partial charge in [-0.2, -0.15) is 0 Å². The summed E-state index contributed by atoms with van der Waals surface area (Å²) in [7, 11) is 4.32. The molecule has 1 heterocycles. The summed E-state index contributed by atoms with van der Waals surface area (Å²) in [6.07, 6.45) is 1.16. The minimum atomic E-state index is -0.457. The lowest BCUT2D eigenvalue weighted by Gasteiger charge is -2.09. The van der Waals surface area contributed by atoms with E-state index >= 15 is 0 Å². The molecule has 0 aliphatic heterocycles. The van der Waals surface area contributed by atoms with E-state index in [1.165, 1.54) is 21.3 Å². The van der Waals surface area contributed by atoms with Crippen molar-refractivity contribution in [1.29, 1.82) is 0 Å². The summed E-state index contributed by atoms with van der Waals surface area (Å²) < 4.78 is 20.8. The highest BCUT2D eigenvalue weighted by molar-refractivity contribution is 6.27. The number of furan rings is 1. The topological polar surface area (TPSA) is 75.0 Å². The summed E-state index contributed by atoms with van der Waals surface area (Å²) in [5.41, 5.74) is 0.599. The highest BCUT2D eigenvalue weighted by Crippen LogP contribution is 2.38. The van der Waals surface area contributed by atoms with Gasteiger partial charge in [0.2, 0.25) is 0 Å². The van der Waals surface area contributed by atoms with E-state index in [2.05, 4.69) is 0 Å². The number of ketones is 2. The fourth-order valence-corrected chi connectivity index (χ4v) is 2.35. The molecular weight excluding hydrogens is 276 g/mol. The van der Waals surface area contributed by atoms with Crippen LogP contribution in [0.3, 0.4) is 0 Å². The van der Waals surface area contributed by atoms with Gasteiger partial charge in [-0.3, -0.25) is 9.59 Å². The molecule has 0 N–H and O–H groups in total. The first-order chi connectivity index (χ1) is 10.1. The summed E-state index contributed by atoms with van der Waals surface area (Å²) in [6, 6.07) is 3.20. The molecule has 1 aromatic carbocycles. The highest BCUT2D eigenvalue weighted by Gasteiger charge is 2.33. The van der Waals surface area contributed by atoms with Gasteiger partial charge in [-0.25, -0.2) is 0 Å². The number of hydrogen-bond acceptors (Lipinski definition) is 6. The number of fused-ring (bicyclic) bond motifs is 3. The molecule has 0 unspecified atom stereocenters. The quantitative estimate of drug-likeness (QED) is 0.863. The van der Waals surface area contributed by atoms with E-state index in [0.29, 0.717) is 22.5 Å². The first kappa shape index (κ1) is 13.2. The number of benzene rings is 1. The summed E-state index contributed by atoms with van der Waals surface area (Å²) in [6.45, 7) is 0. The molecule has 0 saturated carbocycles. The predicted molar refractivity (Wildman–Crippen MR) is 73.1 cm³/mol. The molecule has 0 amide bonds. The number of Topliss-reactive ketones (excluding diaryl/α,β-unsaturated/α-hetero) is 1. The van der Waals surface area contributed by atoms with Crippen LogP contribution in [0.25, 0.3) is 11.0 Å². The van der Waals surface area contributed by atoms with Gasteiger partial charge in [0.05, 0.1) is 26.9 Å². The molecule has 0 bridgehead atoms. The van der Waals surface area contributed by atoms with Gasteiger partial charge in [-0.15, -0.1) is 0 Å². The van der Waals surface area contributed by atoms with Gasteiger partial charge >= 0.3 is 0 Å². The van der Waals surface area contributed by atoms with Crippen LogP contribution in [0.5, 0.6) is 11.5 Å². The van der Waals surface area contributed by atoms with Crippen molar-refractivity contribution in [3.05, 3.63) is 35.3 Å². The van der Waals surface area contributed by atoms with Crippen LogP contribution < -0.4 is 9.47 Å². The van der Waals surface area contributed by atoms with Crippen LogP contribution in [0.15, 0.2) is 28.4 Å². The lowest BCUT2D eigenvalue weighted by atomic mass is 9.98. The molecule has 2 aromatic rings. The van der Waals surface area contributed by atoms with Crippen molar-refractivity contribution < 1.29 is 28.2 Å². The Morgan fingerprint density at radius 2 is 1.62 bits per heavy atom. The van der Waals surface area contributed by atoms with Gasteiger partial charge in [0.25, 0.3) is 5.78 Å². The predicted octanol–water partition coefficient (Wildman–Crippen LogP) is 2.36. The Morgan fingerprint density at radius 1 is 0.952 bits per heavy atom. The Balaban J connectivity index is 2.30. The number of carbonyl (C=O) groups is 2. The van der Waals surface area contributed by atoms with E-state index in [-0.39, 0.29) is 22.9 Å². The average molecular weight is 288 g/mol. The minimum absolute atomic E-state index is 0.0235. The Labute approximate surface area is 119 Å². The van der Waals surface area contributed by atoms with E-state index in [1.54, 1.807) is 12.1 Å². The van der Waals surface area contributed by atoms with Crippen LogP contribution >= 0.6 is 0 Å². The zero-order valence-corrected chi connectivity index (χ0v) is 11.7. The Bertz CT molecular complexity index is 796. The van der Waals surface area contributed by atoms with Gasteiger partial charge in [0.15, 0.2) is 28.8 Å². The Hall–Kier alpha value is -2.76. The standard InChI is InChI=1S/C15H12O6/c1-18-10-4-7-9(6-11(10)19-2)21-15-13(7)8(16)5-12(20-3)14(15)17/h4-6H,1-3H3. The van der Waals surface area contributed by atoms with Crippen LogP contribution in [0, 0.1) is 0 Å². The first-order valence-electron chi connectivity index (χ1n) is 6.14. The van der Waals surface area contributed by atoms with Gasteiger partial charge in [0, 0.05) is 17.5 Å². The second-order valence-electron chi connectivity index (χ2n) is 4.42. The van der Waals surface area contributed by atoms with Gasteiger partial charge < -0.3 is 18.6 Å². The van der Waals surface area contributed by atoms with Crippen LogP contribution in [-0.4, -0.2) is 32.9 Å². The Morgan fingerprint density at radius 3 is 2.24 bits per heavy atom. The molecule has 1 aliphatic carbocycles. The van der Waals surface area contributed by atoms with Crippen LogP contribution in [0.2, 0.25) is 0 Å². The fraction of sp³-hybridized carbons (Fsp3) is 0.200. The maximum atomic E-state index is 12.2. The maximum absolute atomic E-state index is 12.2. The molecule has 0 radical (unpaired) electrons. The molecule has 108 valence electrons. The van der Waals surface area contributed by atoms with Gasteiger partial charge in [0.1, 0.15) is 5.58 Å². The minimum Gasteiger partial charge on any atom is -0.493 e. The average Bonchev–Trinajstić information content (AvgIpc) is 2.88. The molecule has 0 fully saturated rings. The lowest BCUT2D eigenvalue weighted by molar-refractivity contribution is 0.0894. The molecule has 0 saturated heterocycles. The Kier molecular flexibility index (Phi) is 2.94. The first-order valence-corrected chi connectivity index (χ1v) is 6.14. The third-order valence-electron chi connectivity index (χ3n) is 3.35. The number of rotatable bonds is 3. The second-order valence-corrected chi connectivity index (χ2v) is 4.42. The molecular formula is C15H12O6. The molecule has 6 nitrogen and oxygen atoms in total. The molecule has 0 atom stereocenters. The monoisotopic (exact) mass is 288 g/mol. The molecule has 1 aromatic heterocycles. The molecule has 3 rings (SSSR count). The lowest BCUT2D eigenvalue weighted by Crippen LogP contribution is -2.16. The normalized spacial score (nSPS) is 14.0. The van der Waals surface area contributed by atoms with E-state index in [1.807, 2.05) is 0 Å². The van der Waals surface area contributed by atoms with Crippen molar-refractivity contribution in [3.8, 4) is 11.5 Å². The maximum Gasteiger partial charge on any atom is 0.263 e. The van der Waals surface area contributed by atoms with Crippen molar-refractivity contribution in [1.82, 2.24) is 0 Å². The number of allylic oxidation sites excluding steroid dienone is 2. The van der Waals surface area contributed by atoms with Crippen LogP contribution in [0.4, 0.5) is 0 Å². The second kappa shape index (κ2) is 4.66. The summed E-state index contributed by atoms with van der Waals surface area (Å²) >= 11 is 0. The van der Waals surface area contributed by atoms with Crippen molar-refractivity contribution in [3.63, 3.8) is 0 Å². The van der Waals surface area contributed by atoms with Crippen molar-refractivity contribution in [2.75, 3.05) is 21.3 Å². The third kappa shape index (κ3) is 1.79. The largest absolute Gasteiger partial charge is 0.493 e. The zero-order chi connectivity index (χ0) is 15.1. The van der Waals surface area contributed by atoms with Gasteiger partial charge in [-0.1, -0.05) is 0 Å². The van der Waals surface area contributed by atoms with Crippen molar-refractivity contribution in [2.24, 2.45) is 0 Å². The summed E-state index contributed by atoms with van der Waals surface area (Å²) in [5.74, 6) is 0.0510. The smallest absolute Gasteiger partial charge is 0.263 e. The van der Waals surface area contributed by atoms with Crippen molar-refractivity contribution in [2.45, 2.75) is 0 Å². The van der Waals surface area contributed by atoms with Crippen LogP contribution in [-0.2, 0) is 4.74 Å². The van der Waals surface area contributed by atoms with Crippen LogP contribution in [0.1, 0.15) is 20.9 Å². The van der Waals surface area contributed by atoms with E-state index in [9.17, 15) is 9.59 Å². The number of methoxy groups -OCH3 is 3. The van der Waals surface area contributed by atoms with Crippen molar-refractivity contribution >= 4 is 22.5 Å². The molecule has 6 heteroatoms. The highest BCUT2D eigenvalue weighted by atomic mass is 16.5. The molecule has 1 aliphatic rings. The number of hydrogen-bond donors (Lipinski definition) is 0. The molecule has 21 heavy (non-hydrogen) atoms. The molecule has 0 spiro atoms. The van der Waals surface area contributed by atoms with E-state index < -0.39 is 5.78 Å². The summed E-state index contributed by atoms with van der Waals surface area (Å²) in [5, 5.41) is 0.507. The number of ether oxygens (including phenoxy) is 3. The third-order valence-corrected chi connectivity index (χ3v) is 3.35. The summed E-state index contributed by atoms with van der Waals surface area (Å²) in [4.78, 5) is 24.4. The fourth-order valence-electron chi connectivity index (χ4n) is 2.35.